The van der Waals surface area contributed by atoms with Crippen LogP contribution in [0.5, 0.6) is 6.01 Å². The second-order valence-corrected chi connectivity index (χ2v) is 29.3. The van der Waals surface area contributed by atoms with Crippen LogP contribution in [0.15, 0.2) is 189 Å². The van der Waals surface area contributed by atoms with E-state index in [1.807, 2.05) is 71.1 Å². The number of hydrogen-bond acceptors (Lipinski definition) is 19. The Morgan fingerprint density at radius 3 is 1.21 bits per heavy atom. The van der Waals surface area contributed by atoms with Crippen LogP contribution in [0.1, 0.15) is 73.1 Å². The fourth-order valence-electron chi connectivity index (χ4n) is 14.4. The zero-order valence-electron chi connectivity index (χ0n) is 66.9. The van der Waals surface area contributed by atoms with E-state index in [1.54, 1.807) is 104 Å². The molecule has 121 heavy (non-hydrogen) atoms. The summed E-state index contributed by atoms with van der Waals surface area (Å²) in [4.78, 5) is 99.8. The van der Waals surface area contributed by atoms with Crippen molar-refractivity contribution in [1.82, 2.24) is 39.9 Å². The molecule has 0 bridgehead atoms. The highest BCUT2D eigenvalue weighted by Gasteiger charge is 2.37. The molecule has 6 aliphatic rings. The van der Waals surface area contributed by atoms with Gasteiger partial charge in [0, 0.05) is 119 Å². The largest absolute Gasteiger partial charge is 0.467 e. The van der Waals surface area contributed by atoms with Crippen molar-refractivity contribution in [3.05, 3.63) is 223 Å². The maximum absolute atomic E-state index is 14.7. The van der Waals surface area contributed by atoms with Crippen LogP contribution in [-0.4, -0.2) is 167 Å². The molecule has 12 heterocycles. The van der Waals surface area contributed by atoms with E-state index in [-0.39, 0.29) is 48.2 Å². The molecule has 6 saturated heterocycles. The van der Waals surface area contributed by atoms with Crippen LogP contribution in [-0.2, 0) is 28.4 Å². The van der Waals surface area contributed by atoms with Crippen LogP contribution < -0.4 is 34.1 Å². The Hall–Kier alpha value is -13.3. The first-order chi connectivity index (χ1) is 58.7. The molecular formula is C89H86ClF5N14O12. The van der Waals surface area contributed by atoms with E-state index in [0.29, 0.717) is 129 Å². The minimum absolute atomic E-state index is 0.129. The van der Waals surface area contributed by atoms with Gasteiger partial charge in [-0.1, -0.05) is 58.4 Å². The van der Waals surface area contributed by atoms with Gasteiger partial charge in [-0.3, -0.25) is 24.5 Å². The highest BCUT2D eigenvalue weighted by Crippen LogP contribution is 2.38. The Kier molecular flexibility index (Phi) is 26.6. The summed E-state index contributed by atoms with van der Waals surface area (Å²) < 4.78 is 109. The number of H-pyrrole nitrogens is 2. The van der Waals surface area contributed by atoms with Crippen molar-refractivity contribution in [3.63, 3.8) is 0 Å². The monoisotopic (exact) mass is 1670 g/mol. The molecule has 0 aliphatic carbocycles. The van der Waals surface area contributed by atoms with E-state index < -0.39 is 47.9 Å². The molecule has 32 heteroatoms. The van der Waals surface area contributed by atoms with E-state index in [2.05, 4.69) is 44.8 Å². The smallest absolute Gasteiger partial charge is 0.414 e. The number of cyclic esters (lactones) is 5. The molecule has 5 amide bonds. The molecule has 6 aromatic heterocycles. The van der Waals surface area contributed by atoms with Crippen molar-refractivity contribution < 1.29 is 79.1 Å². The first-order valence-corrected chi connectivity index (χ1v) is 40.1. The number of methoxy groups -OCH3 is 1. The number of amides is 5. The van der Waals surface area contributed by atoms with E-state index >= 15 is 0 Å². The van der Waals surface area contributed by atoms with Gasteiger partial charge in [-0.15, -0.1) is 0 Å². The molecular weight excluding hydrogens is 1590 g/mol. The van der Waals surface area contributed by atoms with Crippen LogP contribution >= 0.6 is 11.6 Å². The summed E-state index contributed by atoms with van der Waals surface area (Å²) in [5.41, 5.74) is 9.64. The molecule has 26 nitrogen and oxygen atoms in total. The summed E-state index contributed by atoms with van der Waals surface area (Å²) in [5.74, 6) is -1.42. The van der Waals surface area contributed by atoms with Gasteiger partial charge in [-0.2, -0.15) is 0 Å². The average molecular weight is 1670 g/mol. The number of fused-ring (bicyclic) bond motifs is 2. The first-order valence-electron chi connectivity index (χ1n) is 39.7. The Balaban J connectivity index is 0.000000124. The molecule has 18 rings (SSSR count). The van der Waals surface area contributed by atoms with Gasteiger partial charge >= 0.3 is 36.5 Å². The minimum atomic E-state index is -0.455. The van der Waals surface area contributed by atoms with Gasteiger partial charge in [-0.25, -0.2) is 75.8 Å². The standard InChI is InChI=1S/C20H23FN4O3.C19H17FN2O2.C18H16FN3O2.C16H14ClFN2O2.C16H16FN3O3/c1-2-16-13-25(20(26)28-16)15-4-5-17(18(21)10-15)14-11-22-19(23-12-14)24-6-3-8-27-9-7-24;1-2-15-11-22(19(23)24-15)14-5-6-16(17(20)10-14)13-4-3-12-7-8-21-18(12)9-13;1-2-12-10-22(18(23)24-12)11-3-4-14(16(19)9-11)13-5-7-20-17-15(13)6-8-21-17;1-2-12-9-20(16(21)22-12)11-3-4-13(14(18)8-11)10-5-6-19-15(17)7-10;1-3-12-9-20(16(21)23-12)11-4-5-13(14(17)6-11)10-7-18-15(22-2)19-8-10/h4-5,10-12,16H,2-3,6-9,13H2,1H3;3-10,15,21H,2,11H2,1H3;3-9,12H,2,10H2,1H3,(H,20,21);3-8,12H,2,9H2,1H3;4-8,12H,3,9H2,1-2H3/t16-;15-;3*12-/m00000/s1. The topological polar surface area (TPSA) is 278 Å². The number of nitrogens with zero attached hydrogens (tertiary/aromatic N) is 12. The summed E-state index contributed by atoms with van der Waals surface area (Å²) in [6, 6.07) is 38.6. The van der Waals surface area contributed by atoms with Gasteiger partial charge in [0.15, 0.2) is 0 Å². The van der Waals surface area contributed by atoms with Crippen molar-refractivity contribution in [1.29, 1.82) is 0 Å². The van der Waals surface area contributed by atoms with Crippen molar-refractivity contribution in [2.75, 3.05) is 95.5 Å². The molecule has 12 aromatic rings. The molecule has 0 radical (unpaired) electrons. The quantitative estimate of drug-likeness (QED) is 0.0487. The van der Waals surface area contributed by atoms with E-state index in [4.69, 9.17) is 44.8 Å². The lowest BCUT2D eigenvalue weighted by Crippen LogP contribution is -2.27. The van der Waals surface area contributed by atoms with Crippen molar-refractivity contribution in [2.45, 2.75) is 104 Å². The SMILES string of the molecule is CC[C@H]1CN(c2ccc(-c3ccc4cc[nH]c4c3)c(F)c2)C(=O)O1.CC[C@H]1CN(c2ccc(-c3ccnc(Cl)c3)c(F)c2)C(=O)O1.CC[C@H]1CN(c2ccc(-c3ccnc4[nH]ccc34)c(F)c2)C(=O)O1.CC[C@H]1CN(c2ccc(-c3cnc(N4CCCOCC4)nc3)c(F)c2)C(=O)O1.CC[C@H]1CN(c2ccc(-c3cnc(OC)nc3)c(F)c2)C(=O)O1. The second-order valence-electron chi connectivity index (χ2n) is 28.9. The molecule has 2 N–H and O–H groups in total. The number of nitrogens with one attached hydrogen (secondary N) is 2. The number of anilines is 6. The number of pyridine rings is 2. The Bertz CT molecular complexity index is 5730. The van der Waals surface area contributed by atoms with Crippen LogP contribution in [0, 0.1) is 29.1 Å². The number of carbonyl (C=O) groups is 5. The van der Waals surface area contributed by atoms with E-state index in [9.17, 15) is 45.9 Å². The molecule has 6 aromatic carbocycles. The number of ether oxygens (including phenoxy) is 7. The lowest BCUT2D eigenvalue weighted by molar-refractivity contribution is 0.138. The molecule has 6 fully saturated rings. The third-order valence-corrected chi connectivity index (χ3v) is 21.4. The average Bonchev–Trinajstić information content (AvgIpc) is 1.72. The number of hydrogen-bond donors (Lipinski definition) is 2. The number of benzene rings is 6. The number of aromatic nitrogens is 8. The Morgan fingerprint density at radius 2 is 0.802 bits per heavy atom. The maximum atomic E-state index is 14.7. The summed E-state index contributed by atoms with van der Waals surface area (Å²) >= 11 is 5.83. The molecule has 5 atom stereocenters. The van der Waals surface area contributed by atoms with E-state index in [0.717, 1.165) is 85.6 Å². The minimum Gasteiger partial charge on any atom is -0.467 e. The van der Waals surface area contributed by atoms with Crippen LogP contribution in [0.3, 0.4) is 0 Å². The molecule has 0 unspecified atom stereocenters. The van der Waals surface area contributed by atoms with Crippen LogP contribution in [0.25, 0.3) is 77.6 Å². The predicted octanol–water partition coefficient (Wildman–Crippen LogP) is 19.4. The third-order valence-electron chi connectivity index (χ3n) is 21.2. The van der Waals surface area contributed by atoms with Crippen LogP contribution in [0.2, 0.25) is 5.15 Å². The third kappa shape index (κ3) is 19.4. The van der Waals surface area contributed by atoms with Gasteiger partial charge in [0.25, 0.3) is 0 Å². The predicted molar refractivity (Wildman–Crippen MR) is 448 cm³/mol. The number of halogens is 6. The number of carbonyl (C=O) groups excluding carboxylic acids is 5. The maximum Gasteiger partial charge on any atom is 0.414 e. The Morgan fingerprint density at radius 1 is 0.405 bits per heavy atom. The summed E-state index contributed by atoms with van der Waals surface area (Å²) in [6.07, 6.45) is 14.8. The van der Waals surface area contributed by atoms with Crippen molar-refractivity contribution in [3.8, 4) is 61.6 Å². The number of rotatable bonds is 17. The second kappa shape index (κ2) is 38.2. The zero-order chi connectivity index (χ0) is 85.0. The summed E-state index contributed by atoms with van der Waals surface area (Å²) in [6.45, 7) is 14.9. The lowest BCUT2D eigenvalue weighted by Gasteiger charge is -2.19. The van der Waals surface area contributed by atoms with Crippen LogP contribution in [0.4, 0.5) is 80.3 Å². The van der Waals surface area contributed by atoms with Gasteiger partial charge < -0.3 is 48.0 Å². The van der Waals surface area contributed by atoms with Crippen molar-refractivity contribution in [2.24, 2.45) is 0 Å². The van der Waals surface area contributed by atoms with E-state index in [1.165, 1.54) is 80.5 Å². The lowest BCUT2D eigenvalue weighted by atomic mass is 10.0. The number of aromatic amines is 2. The van der Waals surface area contributed by atoms with Gasteiger partial charge in [-0.05, 0) is 188 Å². The molecule has 0 spiro atoms. The summed E-state index contributed by atoms with van der Waals surface area (Å²) in [5, 5.41) is 2.24. The highest BCUT2D eigenvalue weighted by atomic mass is 35.5. The summed E-state index contributed by atoms with van der Waals surface area (Å²) in [7, 11) is 1.46. The normalized spacial score (nSPS) is 18.1. The van der Waals surface area contributed by atoms with Crippen molar-refractivity contribution >= 4 is 98.4 Å². The Labute approximate surface area is 698 Å². The molecule has 6 aliphatic heterocycles. The van der Waals surface area contributed by atoms with Gasteiger partial charge in [0.1, 0.15) is 70.4 Å². The molecule has 626 valence electrons. The fraction of sp³-hybridized carbons (Fsp3) is 0.292. The van der Waals surface area contributed by atoms with Gasteiger partial charge in [0.2, 0.25) is 5.95 Å². The molecule has 0 saturated carbocycles. The zero-order valence-corrected chi connectivity index (χ0v) is 67.7. The fourth-order valence-corrected chi connectivity index (χ4v) is 14.5. The van der Waals surface area contributed by atoms with Gasteiger partial charge in [0.05, 0.1) is 74.9 Å². The highest BCUT2D eigenvalue weighted by molar-refractivity contribution is 6.29. The first kappa shape index (κ1) is 84.2.